The Hall–Kier alpha value is -3.48. The first-order chi connectivity index (χ1) is 12.3. The van der Waals surface area contributed by atoms with Gasteiger partial charge >= 0.3 is 0 Å². The number of rotatable bonds is 5. The zero-order valence-corrected chi connectivity index (χ0v) is 13.1. The highest BCUT2D eigenvalue weighted by Gasteiger charge is 2.17. The van der Waals surface area contributed by atoms with Crippen molar-refractivity contribution in [3.8, 4) is 17.4 Å². The Bertz CT molecular complexity index is 891. The molecule has 3 aromatic rings. The molecule has 0 fully saturated rings. The number of fused-ring (bicyclic) bond motifs is 1. The average Bonchev–Trinajstić information content (AvgIpc) is 3.30. The number of hydrogen-bond donors (Lipinski definition) is 1. The van der Waals surface area contributed by atoms with Gasteiger partial charge in [-0.05, 0) is 22.9 Å². The van der Waals surface area contributed by atoms with Crippen LogP contribution in [0.1, 0.15) is 16.1 Å². The number of benzene rings is 2. The molecule has 0 aliphatic carbocycles. The van der Waals surface area contributed by atoms with Crippen molar-refractivity contribution in [2.24, 2.45) is 0 Å². The standard InChI is InChI=1S/C18H14N2O5/c21-18(19-13-6-7-14-15(8-13)24-11-23-14)16-9-17(20-25-16)22-10-12-4-2-1-3-5-12/h1-9H,10-11H2,(H,19,21). The SMILES string of the molecule is O=C(Nc1ccc2c(c1)OCO2)c1cc(OCc2ccccc2)no1. The molecular formula is C18H14N2O5. The summed E-state index contributed by atoms with van der Waals surface area (Å²) >= 11 is 0. The molecule has 0 spiro atoms. The lowest BCUT2D eigenvalue weighted by Gasteiger charge is -2.03. The Morgan fingerprint density at radius 3 is 2.80 bits per heavy atom. The Morgan fingerprint density at radius 2 is 1.92 bits per heavy atom. The summed E-state index contributed by atoms with van der Waals surface area (Å²) in [5.41, 5.74) is 1.56. The third kappa shape index (κ3) is 3.40. The van der Waals surface area contributed by atoms with Crippen molar-refractivity contribution in [2.45, 2.75) is 6.61 Å². The Kier molecular flexibility index (Phi) is 3.96. The molecule has 1 aliphatic rings. The second-order valence-corrected chi connectivity index (χ2v) is 5.33. The number of amides is 1. The maximum atomic E-state index is 12.2. The first kappa shape index (κ1) is 15.1. The van der Waals surface area contributed by atoms with Crippen LogP contribution in [0.5, 0.6) is 17.4 Å². The minimum atomic E-state index is -0.430. The van der Waals surface area contributed by atoms with E-state index >= 15 is 0 Å². The van der Waals surface area contributed by atoms with Gasteiger partial charge in [-0.2, -0.15) is 0 Å². The van der Waals surface area contributed by atoms with Crippen LogP contribution < -0.4 is 19.5 Å². The van der Waals surface area contributed by atoms with E-state index < -0.39 is 5.91 Å². The van der Waals surface area contributed by atoms with Gasteiger partial charge in [0.25, 0.3) is 11.8 Å². The van der Waals surface area contributed by atoms with Crippen molar-refractivity contribution < 1.29 is 23.5 Å². The molecule has 1 aliphatic heterocycles. The van der Waals surface area contributed by atoms with Crippen molar-refractivity contribution in [3.63, 3.8) is 0 Å². The van der Waals surface area contributed by atoms with E-state index in [1.807, 2.05) is 30.3 Å². The van der Waals surface area contributed by atoms with Gasteiger partial charge in [0, 0.05) is 11.8 Å². The molecule has 7 nitrogen and oxygen atoms in total. The van der Waals surface area contributed by atoms with Gasteiger partial charge in [0.15, 0.2) is 11.5 Å². The van der Waals surface area contributed by atoms with E-state index in [1.165, 1.54) is 6.07 Å². The third-order valence-corrected chi connectivity index (χ3v) is 3.57. The van der Waals surface area contributed by atoms with Gasteiger partial charge in [0.2, 0.25) is 12.6 Å². The zero-order valence-electron chi connectivity index (χ0n) is 13.1. The van der Waals surface area contributed by atoms with Crippen LogP contribution in [0, 0.1) is 0 Å². The topological polar surface area (TPSA) is 82.8 Å². The fourth-order valence-electron chi connectivity index (χ4n) is 2.33. The molecule has 1 N–H and O–H groups in total. The summed E-state index contributed by atoms with van der Waals surface area (Å²) in [6, 6.07) is 16.2. The van der Waals surface area contributed by atoms with Crippen molar-refractivity contribution in [3.05, 3.63) is 65.9 Å². The van der Waals surface area contributed by atoms with Crippen molar-refractivity contribution in [1.29, 1.82) is 0 Å². The summed E-state index contributed by atoms with van der Waals surface area (Å²) in [4.78, 5) is 12.2. The third-order valence-electron chi connectivity index (χ3n) is 3.57. The highest BCUT2D eigenvalue weighted by molar-refractivity contribution is 6.02. The van der Waals surface area contributed by atoms with Crippen LogP contribution in [0.4, 0.5) is 5.69 Å². The summed E-state index contributed by atoms with van der Waals surface area (Å²) in [7, 11) is 0. The number of carbonyl (C=O) groups is 1. The lowest BCUT2D eigenvalue weighted by molar-refractivity contribution is 0.0987. The van der Waals surface area contributed by atoms with E-state index in [0.29, 0.717) is 23.8 Å². The minimum absolute atomic E-state index is 0.0562. The number of anilines is 1. The average molecular weight is 338 g/mol. The van der Waals surface area contributed by atoms with E-state index in [-0.39, 0.29) is 18.4 Å². The number of hydrogen-bond acceptors (Lipinski definition) is 6. The highest BCUT2D eigenvalue weighted by atomic mass is 16.7. The first-order valence-electron chi connectivity index (χ1n) is 7.62. The summed E-state index contributed by atoms with van der Waals surface area (Å²) in [6.45, 7) is 0.521. The number of nitrogens with one attached hydrogen (secondary N) is 1. The molecule has 1 amide bonds. The van der Waals surface area contributed by atoms with E-state index in [1.54, 1.807) is 18.2 Å². The maximum absolute atomic E-state index is 12.2. The quantitative estimate of drug-likeness (QED) is 0.769. The first-order valence-corrected chi connectivity index (χ1v) is 7.62. The van der Waals surface area contributed by atoms with Crippen LogP contribution in [0.25, 0.3) is 0 Å². The largest absolute Gasteiger partial charge is 0.471 e. The van der Waals surface area contributed by atoms with E-state index in [0.717, 1.165) is 5.56 Å². The molecule has 7 heteroatoms. The Balaban J connectivity index is 1.38. The molecule has 25 heavy (non-hydrogen) atoms. The predicted molar refractivity (Wildman–Crippen MR) is 87.8 cm³/mol. The molecule has 0 saturated carbocycles. The van der Waals surface area contributed by atoms with E-state index in [4.69, 9.17) is 18.7 Å². The number of ether oxygens (including phenoxy) is 3. The smallest absolute Gasteiger partial charge is 0.294 e. The second kappa shape index (κ2) is 6.56. The van der Waals surface area contributed by atoms with Gasteiger partial charge in [-0.15, -0.1) is 0 Å². The fourth-order valence-corrected chi connectivity index (χ4v) is 2.33. The molecular weight excluding hydrogens is 324 g/mol. The van der Waals surface area contributed by atoms with Gasteiger partial charge in [0.1, 0.15) is 6.61 Å². The van der Waals surface area contributed by atoms with Crippen molar-refractivity contribution in [1.82, 2.24) is 5.16 Å². The molecule has 0 bridgehead atoms. The molecule has 126 valence electrons. The van der Waals surface area contributed by atoms with Crippen LogP contribution in [-0.2, 0) is 6.61 Å². The summed E-state index contributed by atoms with van der Waals surface area (Å²) < 4.78 is 21.1. The summed E-state index contributed by atoms with van der Waals surface area (Å²) in [5.74, 6) is 1.11. The van der Waals surface area contributed by atoms with E-state index in [2.05, 4.69) is 10.5 Å². The van der Waals surface area contributed by atoms with Crippen molar-refractivity contribution >= 4 is 11.6 Å². The van der Waals surface area contributed by atoms with Crippen LogP contribution in [0.2, 0.25) is 0 Å². The van der Waals surface area contributed by atoms with Gasteiger partial charge in [-0.1, -0.05) is 30.3 Å². The van der Waals surface area contributed by atoms with Crippen molar-refractivity contribution in [2.75, 3.05) is 12.1 Å². The van der Waals surface area contributed by atoms with Gasteiger partial charge in [0.05, 0.1) is 6.07 Å². The summed E-state index contributed by atoms with van der Waals surface area (Å²) in [5, 5.41) is 6.46. The normalized spacial score (nSPS) is 12.0. The zero-order chi connectivity index (χ0) is 17.1. The molecule has 1 aromatic heterocycles. The van der Waals surface area contributed by atoms with E-state index in [9.17, 15) is 4.79 Å². The fraction of sp³-hybridized carbons (Fsp3) is 0.111. The minimum Gasteiger partial charge on any atom is -0.471 e. The predicted octanol–water partition coefficient (Wildman–Crippen LogP) is 3.23. The number of aromatic nitrogens is 1. The Morgan fingerprint density at radius 1 is 1.08 bits per heavy atom. The molecule has 0 radical (unpaired) electrons. The molecule has 0 saturated heterocycles. The number of nitrogens with zero attached hydrogens (tertiary/aromatic N) is 1. The lowest BCUT2D eigenvalue weighted by Crippen LogP contribution is -2.10. The van der Waals surface area contributed by atoms with Crippen LogP contribution in [-0.4, -0.2) is 17.9 Å². The van der Waals surface area contributed by atoms with Crippen LogP contribution >= 0.6 is 0 Å². The van der Waals surface area contributed by atoms with Crippen LogP contribution in [0.15, 0.2) is 59.1 Å². The molecule has 2 aromatic carbocycles. The van der Waals surface area contributed by atoms with Crippen LogP contribution in [0.3, 0.4) is 0 Å². The Labute approximate surface area is 143 Å². The molecule has 4 rings (SSSR count). The van der Waals surface area contributed by atoms with Gasteiger partial charge in [-0.3, -0.25) is 4.79 Å². The number of carbonyl (C=O) groups excluding carboxylic acids is 1. The molecule has 2 heterocycles. The van der Waals surface area contributed by atoms with Gasteiger partial charge in [-0.25, -0.2) is 0 Å². The second-order valence-electron chi connectivity index (χ2n) is 5.33. The monoisotopic (exact) mass is 338 g/mol. The molecule has 0 unspecified atom stereocenters. The lowest BCUT2D eigenvalue weighted by atomic mass is 10.2. The maximum Gasteiger partial charge on any atom is 0.294 e. The molecule has 0 atom stereocenters. The summed E-state index contributed by atoms with van der Waals surface area (Å²) in [6.07, 6.45) is 0. The van der Waals surface area contributed by atoms with Gasteiger partial charge < -0.3 is 24.1 Å². The highest BCUT2D eigenvalue weighted by Crippen LogP contribution is 2.34.